The Bertz CT molecular complexity index is 843. The van der Waals surface area contributed by atoms with Gasteiger partial charge in [-0.25, -0.2) is 0 Å². The minimum atomic E-state index is -0.599. The smallest absolute Gasteiger partial charge is 0.309 e. The highest BCUT2D eigenvalue weighted by Crippen LogP contribution is 2.72. The number of aliphatic hydroxyl groups excluding tert-OH is 1. The molecule has 4 saturated carbocycles. The molecule has 0 amide bonds. The summed E-state index contributed by atoms with van der Waals surface area (Å²) >= 11 is 0. The Labute approximate surface area is 195 Å². The number of carboxylic acid groups (broad SMARTS) is 1. The Morgan fingerprint density at radius 2 is 1.53 bits per heavy atom. The fraction of sp³-hybridized carbons (Fsp3) is 0.897. The van der Waals surface area contributed by atoms with Crippen LogP contribution in [0.4, 0.5) is 0 Å². The van der Waals surface area contributed by atoms with Gasteiger partial charge in [0.05, 0.1) is 11.5 Å². The van der Waals surface area contributed by atoms with Crippen LogP contribution in [0.2, 0.25) is 0 Å². The summed E-state index contributed by atoms with van der Waals surface area (Å²) in [5.74, 6) is 1.71. The summed E-state index contributed by atoms with van der Waals surface area (Å²) in [7, 11) is 0. The second-order valence-electron chi connectivity index (χ2n) is 14.3. The largest absolute Gasteiger partial charge is 0.481 e. The normalized spacial score (nSPS) is 54.3. The van der Waals surface area contributed by atoms with Gasteiger partial charge in [-0.3, -0.25) is 4.79 Å². The molecule has 180 valence electrons. The molecule has 4 unspecified atom stereocenters. The van der Waals surface area contributed by atoms with Crippen LogP contribution in [0.3, 0.4) is 0 Å². The quantitative estimate of drug-likeness (QED) is 0.437. The predicted octanol–water partition coefficient (Wildman–Crippen LogP) is 6.84. The number of aliphatic carboxylic acids is 1. The number of rotatable bonds is 1. The third-order valence-corrected chi connectivity index (χ3v) is 12.5. The SMILES string of the molecule is CC1(C)C2CC[C@@]3(C)C4CC[C@@]5(C)CC[C@](C)(C(=O)O)CC5C4=CCC3[C@@]2(C)CC[C@@H]1O. The van der Waals surface area contributed by atoms with Gasteiger partial charge in [0.2, 0.25) is 0 Å². The lowest BCUT2D eigenvalue weighted by Crippen LogP contribution is -2.61. The van der Waals surface area contributed by atoms with E-state index in [4.69, 9.17) is 0 Å². The van der Waals surface area contributed by atoms with E-state index >= 15 is 0 Å². The molecule has 0 aliphatic heterocycles. The van der Waals surface area contributed by atoms with E-state index in [0.717, 1.165) is 38.5 Å². The number of fused-ring (bicyclic) bond motifs is 7. The molecule has 0 heterocycles. The van der Waals surface area contributed by atoms with Crippen LogP contribution in [0.15, 0.2) is 11.6 Å². The molecule has 0 saturated heterocycles. The van der Waals surface area contributed by atoms with E-state index in [1.165, 1.54) is 25.7 Å². The van der Waals surface area contributed by atoms with Gasteiger partial charge in [-0.15, -0.1) is 0 Å². The van der Waals surface area contributed by atoms with Gasteiger partial charge in [0.15, 0.2) is 0 Å². The summed E-state index contributed by atoms with van der Waals surface area (Å²) in [6, 6.07) is 0. The molecule has 2 N–H and O–H groups in total. The summed E-state index contributed by atoms with van der Waals surface area (Å²) in [5, 5.41) is 20.8. The van der Waals surface area contributed by atoms with Crippen molar-refractivity contribution < 1.29 is 15.0 Å². The van der Waals surface area contributed by atoms with Crippen molar-refractivity contribution >= 4 is 5.97 Å². The van der Waals surface area contributed by atoms with Crippen molar-refractivity contribution in [3.05, 3.63) is 11.6 Å². The highest BCUT2D eigenvalue weighted by Gasteiger charge is 2.64. The van der Waals surface area contributed by atoms with Crippen LogP contribution in [-0.4, -0.2) is 22.3 Å². The van der Waals surface area contributed by atoms with Gasteiger partial charge in [-0.1, -0.05) is 46.3 Å². The second kappa shape index (κ2) is 6.86. The molecule has 3 heteroatoms. The Kier molecular flexibility index (Phi) is 4.92. The highest BCUT2D eigenvalue weighted by molar-refractivity contribution is 5.74. The van der Waals surface area contributed by atoms with Crippen molar-refractivity contribution in [3.63, 3.8) is 0 Å². The first-order valence-corrected chi connectivity index (χ1v) is 13.4. The third-order valence-electron chi connectivity index (χ3n) is 12.5. The molecular weight excluding hydrogens is 396 g/mol. The van der Waals surface area contributed by atoms with Crippen molar-refractivity contribution in [2.75, 3.05) is 0 Å². The van der Waals surface area contributed by atoms with Crippen molar-refractivity contribution in [2.24, 2.45) is 50.7 Å². The summed E-state index contributed by atoms with van der Waals surface area (Å²) < 4.78 is 0. The number of hydrogen-bond acceptors (Lipinski definition) is 2. The number of hydrogen-bond donors (Lipinski definition) is 2. The molecule has 0 bridgehead atoms. The van der Waals surface area contributed by atoms with Crippen LogP contribution >= 0.6 is 0 Å². The van der Waals surface area contributed by atoms with Crippen molar-refractivity contribution in [2.45, 2.75) is 112 Å². The number of allylic oxidation sites excluding steroid dienone is 2. The van der Waals surface area contributed by atoms with Gasteiger partial charge in [-0.2, -0.15) is 0 Å². The Balaban J connectivity index is 1.52. The maximum atomic E-state index is 12.2. The lowest BCUT2D eigenvalue weighted by molar-refractivity contribution is -0.186. The van der Waals surface area contributed by atoms with E-state index < -0.39 is 11.4 Å². The molecule has 5 aliphatic carbocycles. The first kappa shape index (κ1) is 22.9. The fourth-order valence-corrected chi connectivity index (χ4v) is 10.2. The van der Waals surface area contributed by atoms with E-state index in [9.17, 15) is 15.0 Å². The number of carboxylic acids is 1. The maximum absolute atomic E-state index is 12.2. The van der Waals surface area contributed by atoms with Crippen LogP contribution in [0.1, 0.15) is 106 Å². The second-order valence-corrected chi connectivity index (χ2v) is 14.3. The molecule has 5 aliphatic rings. The zero-order valence-electron chi connectivity index (χ0n) is 21.3. The predicted molar refractivity (Wildman–Crippen MR) is 128 cm³/mol. The van der Waals surface area contributed by atoms with Crippen molar-refractivity contribution in [1.29, 1.82) is 0 Å². The lowest BCUT2D eigenvalue weighted by Gasteiger charge is -2.68. The average molecular weight is 443 g/mol. The average Bonchev–Trinajstić information content (AvgIpc) is 2.71. The van der Waals surface area contributed by atoms with Crippen molar-refractivity contribution in [3.8, 4) is 0 Å². The van der Waals surface area contributed by atoms with E-state index in [1.807, 2.05) is 6.92 Å². The third kappa shape index (κ3) is 2.85. The maximum Gasteiger partial charge on any atom is 0.309 e. The molecule has 32 heavy (non-hydrogen) atoms. The molecular formula is C29H46O3. The van der Waals surface area contributed by atoms with E-state index in [1.54, 1.807) is 5.57 Å². The van der Waals surface area contributed by atoms with Crippen molar-refractivity contribution in [1.82, 2.24) is 0 Å². The molecule has 0 aromatic heterocycles. The van der Waals surface area contributed by atoms with Gasteiger partial charge < -0.3 is 10.2 Å². The van der Waals surface area contributed by atoms with E-state index in [2.05, 4.69) is 40.7 Å². The zero-order chi connectivity index (χ0) is 23.3. The summed E-state index contributed by atoms with van der Waals surface area (Å²) in [6.45, 7) is 14.2. The summed E-state index contributed by atoms with van der Waals surface area (Å²) in [6.07, 6.45) is 13.4. The minimum Gasteiger partial charge on any atom is -0.481 e. The Morgan fingerprint density at radius 3 is 2.22 bits per heavy atom. The Hall–Kier alpha value is -0.830. The molecule has 0 aromatic carbocycles. The molecule has 9 atom stereocenters. The standard InChI is InChI=1S/C29H46O3/c1-25(2)21-10-13-28(5)19-9-12-26(3)15-16-27(4,24(31)32)17-20(26)18(19)7-8-22(28)29(21,6)14-11-23(25)30/h7,19-23,30H,8-17H2,1-6H3,(H,31,32)/t19?,20?,21?,22?,23-,26-,27-,28-,29-/m0/s1. The highest BCUT2D eigenvalue weighted by atomic mass is 16.4. The van der Waals surface area contributed by atoms with E-state index in [0.29, 0.717) is 34.5 Å². The van der Waals surface area contributed by atoms with Crippen LogP contribution in [0.5, 0.6) is 0 Å². The van der Waals surface area contributed by atoms with Gasteiger partial charge in [0.1, 0.15) is 0 Å². The van der Waals surface area contributed by atoms with Gasteiger partial charge >= 0.3 is 5.97 Å². The zero-order valence-corrected chi connectivity index (χ0v) is 21.3. The van der Waals surface area contributed by atoms with Gasteiger partial charge in [0, 0.05) is 0 Å². The monoisotopic (exact) mass is 442 g/mol. The molecule has 0 spiro atoms. The summed E-state index contributed by atoms with van der Waals surface area (Å²) in [5.41, 5.74) is 1.95. The molecule has 0 radical (unpaired) electrons. The van der Waals surface area contributed by atoms with Crippen LogP contribution in [0.25, 0.3) is 0 Å². The first-order chi connectivity index (χ1) is 14.8. The topological polar surface area (TPSA) is 57.5 Å². The first-order valence-electron chi connectivity index (χ1n) is 13.4. The number of aliphatic hydroxyl groups is 1. The molecule has 5 rings (SSSR count). The van der Waals surface area contributed by atoms with Gasteiger partial charge in [0.25, 0.3) is 0 Å². The Morgan fingerprint density at radius 1 is 0.844 bits per heavy atom. The molecule has 3 nitrogen and oxygen atoms in total. The van der Waals surface area contributed by atoms with Gasteiger partial charge in [-0.05, 0) is 116 Å². The van der Waals surface area contributed by atoms with Crippen LogP contribution in [0, 0.1) is 50.7 Å². The van der Waals surface area contributed by atoms with Crippen LogP contribution < -0.4 is 0 Å². The van der Waals surface area contributed by atoms with Crippen LogP contribution in [-0.2, 0) is 4.79 Å². The van der Waals surface area contributed by atoms with E-state index in [-0.39, 0.29) is 16.9 Å². The minimum absolute atomic E-state index is 0.00384. The number of carbonyl (C=O) groups is 1. The fourth-order valence-electron chi connectivity index (χ4n) is 10.2. The lowest BCUT2D eigenvalue weighted by atomic mass is 9.37. The molecule has 4 fully saturated rings. The summed E-state index contributed by atoms with van der Waals surface area (Å²) in [4.78, 5) is 12.2. The molecule has 0 aromatic rings.